The van der Waals surface area contributed by atoms with Crippen LogP contribution in [0, 0.1) is 29.6 Å². The Balaban J connectivity index is 1.49. The number of benzene rings is 1. The fraction of sp³-hybridized carbons (Fsp3) is 0.485. The lowest BCUT2D eigenvalue weighted by Gasteiger charge is -2.45. The van der Waals surface area contributed by atoms with E-state index < -0.39 is 71.0 Å². The topological polar surface area (TPSA) is 227 Å². The minimum absolute atomic E-state index is 0.00626. The van der Waals surface area contributed by atoms with Crippen molar-refractivity contribution in [1.82, 2.24) is 4.98 Å². The molecule has 248 valence electrons. The van der Waals surface area contributed by atoms with Gasteiger partial charge in [0.05, 0.1) is 0 Å². The summed E-state index contributed by atoms with van der Waals surface area (Å²) < 4.78 is 10.6. The van der Waals surface area contributed by atoms with Gasteiger partial charge in [0.15, 0.2) is 23.4 Å². The Morgan fingerprint density at radius 3 is 2.52 bits per heavy atom. The van der Waals surface area contributed by atoms with E-state index in [9.17, 15) is 50.1 Å². The largest absolute Gasteiger partial charge is 0.506 e. The summed E-state index contributed by atoms with van der Waals surface area (Å²) in [5.41, 5.74) is -0.0434. The number of carbonyl (C=O) groups is 2. The monoisotopic (exact) mass is 641 g/mol. The van der Waals surface area contributed by atoms with Crippen molar-refractivity contribution in [3.63, 3.8) is 0 Å². The van der Waals surface area contributed by atoms with Crippen LogP contribution in [-0.2, 0) is 9.53 Å². The minimum Gasteiger partial charge on any atom is -0.506 e. The van der Waals surface area contributed by atoms with Gasteiger partial charge in [-0.05, 0) is 74.5 Å². The van der Waals surface area contributed by atoms with Crippen LogP contribution in [0.1, 0.15) is 43.5 Å². The Hall–Kier alpha value is -4.01. The van der Waals surface area contributed by atoms with Crippen LogP contribution >= 0.6 is 0 Å². The normalized spacial score (nSPS) is 32.9. The maximum Gasteiger partial charge on any atom is 0.335 e. The van der Waals surface area contributed by atoms with Crippen molar-refractivity contribution in [2.45, 2.75) is 63.8 Å². The molecule has 2 heterocycles. The Bertz CT molecular complexity index is 1600. The molecular formula is C33H39NO12. The zero-order chi connectivity index (χ0) is 33.4. The number of rotatable bonds is 8. The highest BCUT2D eigenvalue weighted by Gasteiger charge is 2.48. The van der Waals surface area contributed by atoms with Crippen molar-refractivity contribution in [3.8, 4) is 28.4 Å². The molecule has 46 heavy (non-hydrogen) atoms. The molecule has 3 aliphatic rings. The molecule has 0 spiro atoms. The van der Waals surface area contributed by atoms with Crippen LogP contribution in [0.5, 0.6) is 17.2 Å². The summed E-state index contributed by atoms with van der Waals surface area (Å²) in [6.07, 6.45) is -0.160. The lowest BCUT2D eigenvalue weighted by molar-refractivity contribution is -0.271. The number of aliphatic carboxylic acids is 1. The number of H-pyrrole nitrogens is 1. The second-order valence-electron chi connectivity index (χ2n) is 12.3. The van der Waals surface area contributed by atoms with E-state index in [0.717, 1.165) is 24.8 Å². The second kappa shape index (κ2) is 13.4. The number of nitrogens with one attached hydrogen (secondary N) is 1. The molecule has 10 atom stereocenters. The number of fused-ring (bicyclic) bond motifs is 1. The number of ether oxygens (including phenoxy) is 2. The van der Waals surface area contributed by atoms with Crippen LogP contribution in [0.2, 0.25) is 0 Å². The average molecular weight is 642 g/mol. The van der Waals surface area contributed by atoms with Crippen LogP contribution in [-0.4, -0.2) is 89.8 Å². The van der Waals surface area contributed by atoms with Crippen LogP contribution in [0.4, 0.5) is 0 Å². The number of Topliss-reactive ketones (excluding diaryl/α,β-unsaturated/α-hetero) is 1. The fourth-order valence-electron chi connectivity index (χ4n) is 7.16. The molecule has 13 nitrogen and oxygen atoms in total. The summed E-state index contributed by atoms with van der Waals surface area (Å²) in [5.74, 6) is -4.21. The Morgan fingerprint density at radius 1 is 1.11 bits per heavy atom. The number of allylic oxidation sites excluding steroid dienone is 4. The number of hydrogen-bond donors (Lipinski definition) is 8. The molecule has 8 N–H and O–H groups in total. The molecule has 13 heteroatoms. The molecule has 0 unspecified atom stereocenters. The first kappa shape index (κ1) is 33.4. The fourth-order valence-corrected chi connectivity index (χ4v) is 7.16. The van der Waals surface area contributed by atoms with Crippen LogP contribution in [0.15, 0.2) is 53.0 Å². The van der Waals surface area contributed by atoms with E-state index >= 15 is 0 Å². The van der Waals surface area contributed by atoms with Crippen LogP contribution in [0.3, 0.4) is 0 Å². The average Bonchev–Trinajstić information content (AvgIpc) is 3.03. The second-order valence-corrected chi connectivity index (χ2v) is 12.3. The number of aromatic nitrogens is 1. The third kappa shape index (κ3) is 6.08. The number of ketones is 1. The van der Waals surface area contributed by atoms with Gasteiger partial charge in [-0.1, -0.05) is 29.9 Å². The van der Waals surface area contributed by atoms with Gasteiger partial charge in [0.2, 0.25) is 6.29 Å². The van der Waals surface area contributed by atoms with Gasteiger partial charge < -0.3 is 50.2 Å². The van der Waals surface area contributed by atoms with E-state index in [2.05, 4.69) is 4.98 Å². The van der Waals surface area contributed by atoms with Gasteiger partial charge >= 0.3 is 5.97 Å². The van der Waals surface area contributed by atoms with Gasteiger partial charge in [0.25, 0.3) is 5.56 Å². The maximum absolute atomic E-state index is 14.1. The number of carboxylic acids is 1. The quantitative estimate of drug-likeness (QED) is 0.152. The van der Waals surface area contributed by atoms with E-state index in [1.807, 2.05) is 32.1 Å². The molecular weight excluding hydrogens is 602 g/mol. The molecule has 0 bridgehead atoms. The lowest BCUT2D eigenvalue weighted by Crippen LogP contribution is -2.61. The zero-order valence-electron chi connectivity index (χ0n) is 25.3. The zero-order valence-corrected chi connectivity index (χ0v) is 25.3. The van der Waals surface area contributed by atoms with Gasteiger partial charge in [-0.3, -0.25) is 9.59 Å². The number of carboxylic acid groups (broad SMARTS) is 1. The van der Waals surface area contributed by atoms with E-state index in [1.54, 1.807) is 0 Å². The number of carbonyl (C=O) groups excluding carboxylic acids is 1. The molecule has 1 saturated heterocycles. The highest BCUT2D eigenvalue weighted by atomic mass is 16.7. The molecule has 1 aliphatic heterocycles. The third-order valence-corrected chi connectivity index (χ3v) is 9.56. The van der Waals surface area contributed by atoms with Gasteiger partial charge in [0, 0.05) is 24.3 Å². The molecule has 1 aromatic heterocycles. The maximum atomic E-state index is 14.1. The van der Waals surface area contributed by atoms with Crippen molar-refractivity contribution in [3.05, 3.63) is 64.1 Å². The van der Waals surface area contributed by atoms with E-state index in [0.29, 0.717) is 0 Å². The number of aromatic hydroxyl groups is 2. The van der Waals surface area contributed by atoms with Gasteiger partial charge in [0.1, 0.15) is 29.6 Å². The summed E-state index contributed by atoms with van der Waals surface area (Å²) in [6.45, 7) is 3.88. The summed E-state index contributed by atoms with van der Waals surface area (Å²) in [5, 5.41) is 71.4. The molecule has 5 rings (SSSR count). The Kier molecular flexibility index (Phi) is 9.70. The SMILES string of the molecule is C/C=C/[C@@H]1[C@H]2C[C@@H](CO)CC[C@@H]2C(C)=C[C@H]1C(=O)c1c(O)c(-c2ccc(O)c(O[C@@H]3O[C@H](C(=O)O)[C@@H](O)[C@H](O)[C@H]3O)c2)c[nH]c1=O. The van der Waals surface area contributed by atoms with E-state index in [1.165, 1.54) is 24.4 Å². The first-order valence-electron chi connectivity index (χ1n) is 15.2. The molecule has 2 fully saturated rings. The number of pyridine rings is 1. The smallest absolute Gasteiger partial charge is 0.335 e. The number of phenolic OH excluding ortho intramolecular Hbond substituents is 1. The molecule has 1 saturated carbocycles. The van der Waals surface area contributed by atoms with E-state index in [-0.39, 0.29) is 47.2 Å². The van der Waals surface area contributed by atoms with Crippen molar-refractivity contribution < 1.29 is 54.8 Å². The number of aromatic amines is 1. The molecule has 2 aliphatic carbocycles. The number of phenols is 1. The van der Waals surface area contributed by atoms with Crippen molar-refractivity contribution in [2.24, 2.45) is 29.6 Å². The summed E-state index contributed by atoms with van der Waals surface area (Å²) in [6, 6.07) is 3.74. The van der Waals surface area contributed by atoms with Crippen molar-refractivity contribution in [2.75, 3.05) is 6.61 Å². The van der Waals surface area contributed by atoms with Gasteiger partial charge in [-0.2, -0.15) is 0 Å². The highest BCUT2D eigenvalue weighted by Crippen LogP contribution is 2.49. The Labute approximate surface area is 264 Å². The van der Waals surface area contributed by atoms with Crippen LogP contribution in [0.25, 0.3) is 11.1 Å². The summed E-state index contributed by atoms with van der Waals surface area (Å²) in [4.78, 5) is 41.2. The lowest BCUT2D eigenvalue weighted by atomic mass is 9.59. The molecule has 2 aromatic rings. The van der Waals surface area contributed by atoms with Gasteiger partial charge in [-0.15, -0.1) is 0 Å². The van der Waals surface area contributed by atoms with Crippen molar-refractivity contribution in [1.29, 1.82) is 0 Å². The number of aliphatic hydroxyl groups excluding tert-OH is 4. The first-order chi connectivity index (χ1) is 21.9. The van der Waals surface area contributed by atoms with Crippen LogP contribution < -0.4 is 10.3 Å². The molecule has 0 radical (unpaired) electrons. The predicted octanol–water partition coefficient (Wildman–Crippen LogP) is 1.70. The number of aliphatic hydroxyl groups is 4. The summed E-state index contributed by atoms with van der Waals surface area (Å²) >= 11 is 0. The highest BCUT2D eigenvalue weighted by molar-refractivity contribution is 6.03. The standard InChI is InChI=1S/C33H39NO12/c1-3-4-18-19-10-15(13-35)5-7-17(19)14(2)9-20(18)25(37)24-26(38)21(12-34-31(24)42)16-6-8-22(36)23(11-16)45-33-29(41)27(39)28(40)30(46-33)32(43)44/h3-4,6,8-9,11-12,15,17-20,27-30,33,35-36,39-41H,5,7,10,13H2,1-2H3,(H,43,44)(H2,34,38,42)/b4-3+/t15-,17+,18+,19-,20+,27-,28-,29+,30-,33+/m0/s1. The predicted molar refractivity (Wildman–Crippen MR) is 162 cm³/mol. The number of hydrogen-bond acceptors (Lipinski definition) is 11. The summed E-state index contributed by atoms with van der Waals surface area (Å²) in [7, 11) is 0. The third-order valence-electron chi connectivity index (χ3n) is 9.56. The van der Waals surface area contributed by atoms with Crippen molar-refractivity contribution >= 4 is 11.8 Å². The van der Waals surface area contributed by atoms with Gasteiger partial charge in [-0.25, -0.2) is 4.79 Å². The Morgan fingerprint density at radius 2 is 1.85 bits per heavy atom. The molecule has 1 aromatic carbocycles. The van der Waals surface area contributed by atoms with E-state index in [4.69, 9.17) is 9.47 Å². The molecule has 0 amide bonds. The first-order valence-corrected chi connectivity index (χ1v) is 15.2. The minimum atomic E-state index is -1.95.